The van der Waals surface area contributed by atoms with E-state index in [9.17, 15) is 0 Å². The van der Waals surface area contributed by atoms with Crippen LogP contribution in [0.15, 0.2) is 23.3 Å². The summed E-state index contributed by atoms with van der Waals surface area (Å²) in [5, 5.41) is 0. The molecule has 2 saturated heterocycles. The van der Waals surface area contributed by atoms with Crippen molar-refractivity contribution in [2.45, 2.75) is 33.2 Å². The molecule has 0 aromatic heterocycles. The minimum absolute atomic E-state index is 0.639. The van der Waals surface area contributed by atoms with E-state index < -0.39 is 0 Å². The molecule has 3 unspecified atom stereocenters. The van der Waals surface area contributed by atoms with Crippen molar-refractivity contribution in [2.24, 2.45) is 11.8 Å². The summed E-state index contributed by atoms with van der Waals surface area (Å²) in [6, 6.07) is 0.658. The van der Waals surface area contributed by atoms with E-state index in [1.165, 1.54) is 11.3 Å². The van der Waals surface area contributed by atoms with Gasteiger partial charge in [-0.3, -0.25) is 0 Å². The van der Waals surface area contributed by atoms with E-state index in [4.69, 9.17) is 7.85 Å². The fraction of sp³-hybridized carbons (Fsp3) is 0.667. The Bertz CT molecular complexity index is 301. The zero-order valence-corrected chi connectivity index (χ0v) is 9.38. The van der Waals surface area contributed by atoms with Crippen molar-refractivity contribution in [1.82, 2.24) is 4.90 Å². The van der Waals surface area contributed by atoms with E-state index in [2.05, 4.69) is 25.3 Å². The van der Waals surface area contributed by atoms with Crippen molar-refractivity contribution >= 4 is 7.85 Å². The Morgan fingerprint density at radius 1 is 1.50 bits per heavy atom. The number of hydrogen-bond acceptors (Lipinski definition) is 1. The number of rotatable bonds is 0. The fourth-order valence-corrected chi connectivity index (χ4v) is 2.72. The maximum absolute atomic E-state index is 5.85. The van der Waals surface area contributed by atoms with Gasteiger partial charge in [-0.25, -0.2) is 0 Å². The summed E-state index contributed by atoms with van der Waals surface area (Å²) in [4.78, 5) is 2.45. The summed E-state index contributed by atoms with van der Waals surface area (Å²) < 4.78 is 0. The van der Waals surface area contributed by atoms with E-state index in [1.54, 1.807) is 0 Å². The van der Waals surface area contributed by atoms with Crippen LogP contribution in [0.5, 0.6) is 0 Å². The van der Waals surface area contributed by atoms with Gasteiger partial charge >= 0.3 is 0 Å². The van der Waals surface area contributed by atoms with E-state index in [0.717, 1.165) is 24.4 Å². The number of nitrogens with zero attached hydrogens (tertiary/aromatic N) is 1. The molecule has 1 nitrogen and oxygen atoms in total. The quantitative estimate of drug-likeness (QED) is 0.526. The van der Waals surface area contributed by atoms with Gasteiger partial charge in [0.25, 0.3) is 0 Å². The highest BCUT2D eigenvalue weighted by molar-refractivity contribution is 6.21. The minimum Gasteiger partial charge on any atom is -0.367 e. The molecule has 0 spiro atoms. The monoisotopic (exact) mass is 187 g/mol. The molecule has 0 bridgehead atoms. The van der Waals surface area contributed by atoms with Crippen LogP contribution in [0.3, 0.4) is 0 Å². The molecule has 2 heteroatoms. The topological polar surface area (TPSA) is 3.24 Å². The second-order valence-corrected chi connectivity index (χ2v) is 4.83. The van der Waals surface area contributed by atoms with Gasteiger partial charge in [0.05, 0.1) is 0 Å². The van der Waals surface area contributed by atoms with Crippen LogP contribution in [-0.4, -0.2) is 25.3 Å². The summed E-state index contributed by atoms with van der Waals surface area (Å²) in [6.45, 7) is 11.8. The molecule has 74 valence electrons. The minimum atomic E-state index is 0.639. The van der Waals surface area contributed by atoms with Crippen LogP contribution in [0, 0.1) is 11.8 Å². The number of fused-ring (bicyclic) bond motifs is 1. The average Bonchev–Trinajstić information content (AvgIpc) is 2.64. The average molecular weight is 187 g/mol. The Labute approximate surface area is 88.3 Å². The molecule has 0 aromatic carbocycles. The molecule has 3 atom stereocenters. The lowest BCUT2D eigenvalue weighted by Crippen LogP contribution is -2.23. The second-order valence-electron chi connectivity index (χ2n) is 4.83. The molecule has 2 fully saturated rings. The standard InChI is InChI=1S/C12H18BN/c1-7-8(2)12-5-11(9(3)13)6-14(12)10(7)4/h7-8,12H,4-6H2,1-3H3/b11-9+. The predicted octanol–water partition coefficient (Wildman–Crippen LogP) is 2.30. The molecule has 0 saturated carbocycles. The third kappa shape index (κ3) is 1.24. The van der Waals surface area contributed by atoms with Crippen molar-refractivity contribution in [1.29, 1.82) is 0 Å². The van der Waals surface area contributed by atoms with Gasteiger partial charge in [0.15, 0.2) is 0 Å². The molecule has 0 aromatic rings. The predicted molar refractivity (Wildman–Crippen MR) is 61.0 cm³/mol. The summed E-state index contributed by atoms with van der Waals surface area (Å²) in [5.41, 5.74) is 3.72. The first-order valence-electron chi connectivity index (χ1n) is 5.42. The van der Waals surface area contributed by atoms with Crippen LogP contribution in [0.2, 0.25) is 0 Å². The van der Waals surface area contributed by atoms with Gasteiger partial charge < -0.3 is 4.90 Å². The van der Waals surface area contributed by atoms with Crippen molar-refractivity contribution in [2.75, 3.05) is 6.54 Å². The van der Waals surface area contributed by atoms with Crippen molar-refractivity contribution in [3.05, 3.63) is 23.3 Å². The summed E-state index contributed by atoms with van der Waals surface area (Å²) in [7, 11) is 5.85. The van der Waals surface area contributed by atoms with Gasteiger partial charge in [-0.15, -0.1) is 5.47 Å². The third-order valence-corrected chi connectivity index (χ3v) is 4.06. The largest absolute Gasteiger partial charge is 0.367 e. The Balaban J connectivity index is 2.25. The molecule has 14 heavy (non-hydrogen) atoms. The van der Waals surface area contributed by atoms with E-state index in [-0.39, 0.29) is 0 Å². The highest BCUT2D eigenvalue weighted by Gasteiger charge is 2.43. The van der Waals surface area contributed by atoms with Gasteiger partial charge in [-0.05, 0) is 18.3 Å². The highest BCUT2D eigenvalue weighted by atomic mass is 15.2. The van der Waals surface area contributed by atoms with Crippen LogP contribution in [-0.2, 0) is 0 Å². The molecule has 0 N–H and O–H groups in total. The first-order valence-corrected chi connectivity index (χ1v) is 5.42. The molecule has 2 radical (unpaired) electrons. The first-order chi connectivity index (χ1) is 6.52. The molecular formula is C12H18BN. The van der Waals surface area contributed by atoms with Crippen molar-refractivity contribution in [3.8, 4) is 0 Å². The van der Waals surface area contributed by atoms with Gasteiger partial charge in [0.1, 0.15) is 7.85 Å². The third-order valence-electron chi connectivity index (χ3n) is 4.06. The zero-order chi connectivity index (χ0) is 10.5. The smallest absolute Gasteiger partial charge is 0.107 e. The lowest BCUT2D eigenvalue weighted by atomic mass is 9.86. The maximum atomic E-state index is 5.85. The van der Waals surface area contributed by atoms with Crippen LogP contribution < -0.4 is 0 Å². The molecule has 2 heterocycles. The molecule has 2 aliphatic heterocycles. The highest BCUT2D eigenvalue weighted by Crippen LogP contribution is 2.44. The van der Waals surface area contributed by atoms with Gasteiger partial charge in [-0.1, -0.05) is 32.9 Å². The summed E-state index contributed by atoms with van der Waals surface area (Å²) in [5.74, 6) is 1.36. The van der Waals surface area contributed by atoms with Crippen molar-refractivity contribution in [3.63, 3.8) is 0 Å². The molecular weight excluding hydrogens is 169 g/mol. The van der Waals surface area contributed by atoms with E-state index in [1.807, 2.05) is 6.92 Å². The molecule has 2 rings (SSSR count). The number of hydrogen-bond donors (Lipinski definition) is 0. The lowest BCUT2D eigenvalue weighted by molar-refractivity contribution is 0.323. The Morgan fingerprint density at radius 2 is 2.14 bits per heavy atom. The number of allylic oxidation sites excluding steroid dienone is 2. The fourth-order valence-electron chi connectivity index (χ4n) is 2.72. The second kappa shape index (κ2) is 3.18. The lowest BCUT2D eigenvalue weighted by Gasteiger charge is -2.19. The van der Waals surface area contributed by atoms with Crippen LogP contribution >= 0.6 is 0 Å². The Morgan fingerprint density at radius 3 is 2.64 bits per heavy atom. The Kier molecular flexibility index (Phi) is 2.25. The Hall–Kier alpha value is -0.655. The molecule has 2 aliphatic rings. The van der Waals surface area contributed by atoms with Gasteiger partial charge in [0, 0.05) is 18.3 Å². The van der Waals surface area contributed by atoms with Crippen LogP contribution in [0.1, 0.15) is 27.2 Å². The SMILES string of the molecule is [B]/C(C)=C1\CC2C(C)C(C)C(=C)N2C1. The van der Waals surface area contributed by atoms with Crippen molar-refractivity contribution < 1.29 is 0 Å². The molecule has 0 amide bonds. The normalized spacial score (nSPS) is 40.4. The molecule has 0 aliphatic carbocycles. The van der Waals surface area contributed by atoms with Crippen LogP contribution in [0.4, 0.5) is 0 Å². The summed E-state index contributed by atoms with van der Waals surface area (Å²) in [6.07, 6.45) is 1.15. The first kappa shape index (κ1) is 9.88. The summed E-state index contributed by atoms with van der Waals surface area (Å²) >= 11 is 0. The van der Waals surface area contributed by atoms with Crippen LogP contribution in [0.25, 0.3) is 0 Å². The zero-order valence-electron chi connectivity index (χ0n) is 9.38. The maximum Gasteiger partial charge on any atom is 0.107 e. The van der Waals surface area contributed by atoms with Gasteiger partial charge in [0.2, 0.25) is 0 Å². The van der Waals surface area contributed by atoms with Gasteiger partial charge in [-0.2, -0.15) is 0 Å². The van der Waals surface area contributed by atoms with E-state index in [0.29, 0.717) is 12.0 Å². The van der Waals surface area contributed by atoms with E-state index >= 15 is 0 Å².